The number of benzene rings is 1. The highest BCUT2D eigenvalue weighted by atomic mass is 19.2. The Hall–Kier alpha value is -2.04. The zero-order valence-corrected chi connectivity index (χ0v) is 11.6. The molecule has 0 radical (unpaired) electrons. The number of nitrogens with one attached hydrogen (secondary N) is 1. The van der Waals surface area contributed by atoms with Gasteiger partial charge >= 0.3 is 0 Å². The molecule has 2 aromatic rings. The van der Waals surface area contributed by atoms with Crippen LogP contribution >= 0.6 is 0 Å². The molecule has 0 spiro atoms. The van der Waals surface area contributed by atoms with Crippen LogP contribution in [0.15, 0.2) is 24.3 Å². The van der Waals surface area contributed by atoms with Crippen LogP contribution < -0.4 is 5.32 Å². The summed E-state index contributed by atoms with van der Waals surface area (Å²) in [4.78, 5) is 8.60. The second-order valence-electron chi connectivity index (χ2n) is 4.44. The zero-order valence-electron chi connectivity index (χ0n) is 11.6. The Morgan fingerprint density at radius 3 is 2.65 bits per heavy atom. The largest absolute Gasteiger partial charge is 0.370 e. The van der Waals surface area contributed by atoms with Gasteiger partial charge in [-0.3, -0.25) is 0 Å². The molecule has 0 saturated heterocycles. The van der Waals surface area contributed by atoms with Crippen LogP contribution in [0.3, 0.4) is 0 Å². The van der Waals surface area contributed by atoms with E-state index in [1.807, 2.05) is 13.8 Å². The van der Waals surface area contributed by atoms with Gasteiger partial charge in [0, 0.05) is 24.6 Å². The summed E-state index contributed by atoms with van der Waals surface area (Å²) < 4.78 is 27.2. The number of rotatable bonds is 5. The van der Waals surface area contributed by atoms with Gasteiger partial charge in [-0.15, -0.1) is 0 Å². The number of aromatic nitrogens is 2. The molecule has 0 amide bonds. The third-order valence-electron chi connectivity index (χ3n) is 2.87. The summed E-state index contributed by atoms with van der Waals surface area (Å²) in [5, 5.41) is 3.15. The second kappa shape index (κ2) is 6.41. The van der Waals surface area contributed by atoms with Crippen molar-refractivity contribution in [3.63, 3.8) is 0 Å². The lowest BCUT2D eigenvalue weighted by molar-refractivity contribution is 0.511. The third-order valence-corrected chi connectivity index (χ3v) is 2.87. The van der Waals surface area contributed by atoms with Crippen LogP contribution in [0.2, 0.25) is 0 Å². The molecule has 1 aromatic heterocycles. The van der Waals surface area contributed by atoms with Crippen molar-refractivity contribution in [1.29, 1.82) is 0 Å². The van der Waals surface area contributed by atoms with Crippen LogP contribution in [0.1, 0.15) is 26.1 Å². The molecule has 2 rings (SSSR count). The van der Waals surface area contributed by atoms with Crippen LogP contribution in [0.4, 0.5) is 14.6 Å². The highest BCUT2D eigenvalue weighted by molar-refractivity contribution is 5.63. The zero-order chi connectivity index (χ0) is 14.5. The average molecular weight is 277 g/mol. The van der Waals surface area contributed by atoms with Crippen LogP contribution in [0, 0.1) is 11.6 Å². The molecule has 1 heterocycles. The van der Waals surface area contributed by atoms with Crippen molar-refractivity contribution in [2.24, 2.45) is 0 Å². The summed E-state index contributed by atoms with van der Waals surface area (Å²) >= 11 is 0. The Morgan fingerprint density at radius 2 is 1.95 bits per heavy atom. The molecule has 3 nitrogen and oxygen atoms in total. The van der Waals surface area contributed by atoms with Gasteiger partial charge in [-0.25, -0.2) is 18.7 Å². The third kappa shape index (κ3) is 3.10. The summed E-state index contributed by atoms with van der Waals surface area (Å²) in [6.07, 6.45) is 1.58. The molecule has 0 saturated carbocycles. The van der Waals surface area contributed by atoms with Crippen molar-refractivity contribution in [2.45, 2.75) is 26.7 Å². The predicted octanol–water partition coefficient (Wildman–Crippen LogP) is 3.81. The van der Waals surface area contributed by atoms with E-state index in [0.717, 1.165) is 19.0 Å². The van der Waals surface area contributed by atoms with Crippen molar-refractivity contribution >= 4 is 5.82 Å². The molecule has 0 bridgehead atoms. The number of anilines is 1. The number of halogens is 2. The minimum Gasteiger partial charge on any atom is -0.370 e. The van der Waals surface area contributed by atoms with E-state index in [2.05, 4.69) is 15.3 Å². The highest BCUT2D eigenvalue weighted by Crippen LogP contribution is 2.24. The van der Waals surface area contributed by atoms with Crippen molar-refractivity contribution < 1.29 is 8.78 Å². The van der Waals surface area contributed by atoms with Crippen molar-refractivity contribution in [3.05, 3.63) is 41.7 Å². The van der Waals surface area contributed by atoms with Gasteiger partial charge in [-0.1, -0.05) is 19.9 Å². The highest BCUT2D eigenvalue weighted by Gasteiger charge is 2.13. The number of aryl methyl sites for hydroxylation is 1. The quantitative estimate of drug-likeness (QED) is 0.903. The van der Waals surface area contributed by atoms with E-state index in [-0.39, 0.29) is 5.56 Å². The Balaban J connectivity index is 2.47. The molecule has 0 aliphatic heterocycles. The maximum atomic E-state index is 13.9. The van der Waals surface area contributed by atoms with Crippen molar-refractivity contribution in [3.8, 4) is 11.3 Å². The summed E-state index contributed by atoms with van der Waals surface area (Å²) in [5.41, 5.74) is 0.550. The fourth-order valence-electron chi connectivity index (χ4n) is 1.84. The van der Waals surface area contributed by atoms with E-state index in [1.165, 1.54) is 12.1 Å². The fourth-order valence-corrected chi connectivity index (χ4v) is 1.84. The fraction of sp³-hybridized carbons (Fsp3) is 0.333. The minimum atomic E-state index is -0.880. The van der Waals surface area contributed by atoms with E-state index >= 15 is 0 Å². The maximum Gasteiger partial charge on any atom is 0.168 e. The molecular weight excluding hydrogens is 260 g/mol. The average Bonchev–Trinajstić information content (AvgIpc) is 2.47. The summed E-state index contributed by atoms with van der Waals surface area (Å²) in [7, 11) is 0. The molecule has 20 heavy (non-hydrogen) atoms. The maximum absolute atomic E-state index is 13.9. The van der Waals surface area contributed by atoms with Gasteiger partial charge in [0.1, 0.15) is 11.6 Å². The summed E-state index contributed by atoms with van der Waals surface area (Å²) in [6, 6.07) is 5.73. The second-order valence-corrected chi connectivity index (χ2v) is 4.44. The lowest BCUT2D eigenvalue weighted by atomic mass is 10.1. The van der Waals surface area contributed by atoms with Gasteiger partial charge in [0.25, 0.3) is 0 Å². The number of hydrogen-bond donors (Lipinski definition) is 1. The van der Waals surface area contributed by atoms with Crippen LogP contribution in [-0.4, -0.2) is 16.5 Å². The van der Waals surface area contributed by atoms with Gasteiger partial charge in [-0.05, 0) is 18.6 Å². The Morgan fingerprint density at radius 1 is 1.15 bits per heavy atom. The molecule has 5 heteroatoms. The van der Waals surface area contributed by atoms with Crippen LogP contribution in [-0.2, 0) is 6.42 Å². The Labute approximate surface area is 117 Å². The molecule has 0 unspecified atom stereocenters. The number of hydrogen-bond acceptors (Lipinski definition) is 3. The molecule has 0 fully saturated rings. The monoisotopic (exact) mass is 277 g/mol. The summed E-state index contributed by atoms with van der Waals surface area (Å²) in [6.45, 7) is 4.73. The molecular formula is C15H17F2N3. The topological polar surface area (TPSA) is 37.8 Å². The van der Waals surface area contributed by atoms with Gasteiger partial charge in [-0.2, -0.15) is 0 Å². The lowest BCUT2D eigenvalue weighted by Crippen LogP contribution is -2.06. The number of nitrogens with zero attached hydrogens (tertiary/aromatic N) is 2. The first-order valence-corrected chi connectivity index (χ1v) is 6.72. The Bertz CT molecular complexity index is 600. The van der Waals surface area contributed by atoms with Crippen molar-refractivity contribution in [1.82, 2.24) is 9.97 Å². The van der Waals surface area contributed by atoms with E-state index < -0.39 is 11.6 Å². The minimum absolute atomic E-state index is 0.154. The van der Waals surface area contributed by atoms with Gasteiger partial charge in [0.05, 0.1) is 5.69 Å². The molecule has 0 atom stereocenters. The van der Waals surface area contributed by atoms with E-state index in [9.17, 15) is 8.78 Å². The van der Waals surface area contributed by atoms with Gasteiger partial charge in [0.15, 0.2) is 11.6 Å². The first-order chi connectivity index (χ1) is 9.65. The molecule has 0 aliphatic rings. The van der Waals surface area contributed by atoms with Crippen LogP contribution in [0.5, 0.6) is 0 Å². The van der Waals surface area contributed by atoms with Gasteiger partial charge in [0.2, 0.25) is 0 Å². The predicted molar refractivity (Wildman–Crippen MR) is 75.5 cm³/mol. The van der Waals surface area contributed by atoms with E-state index in [0.29, 0.717) is 23.8 Å². The molecule has 1 aromatic carbocycles. The smallest absolute Gasteiger partial charge is 0.168 e. The first kappa shape index (κ1) is 14.4. The van der Waals surface area contributed by atoms with Crippen molar-refractivity contribution in [2.75, 3.05) is 11.9 Å². The lowest BCUT2D eigenvalue weighted by Gasteiger charge is -2.09. The Kier molecular flexibility index (Phi) is 4.61. The molecule has 0 aliphatic carbocycles. The molecule has 106 valence electrons. The van der Waals surface area contributed by atoms with E-state index in [4.69, 9.17) is 0 Å². The normalized spacial score (nSPS) is 10.6. The first-order valence-electron chi connectivity index (χ1n) is 6.72. The molecule has 1 N–H and O–H groups in total. The summed E-state index contributed by atoms with van der Waals surface area (Å²) in [5.74, 6) is -0.515. The van der Waals surface area contributed by atoms with Gasteiger partial charge < -0.3 is 5.32 Å². The standard InChI is InChI=1S/C15H17F2N3/c1-3-8-18-14-9-12(19-13(4-2)20-14)10-6-5-7-11(16)15(10)17/h5-7,9H,3-4,8H2,1-2H3,(H,18,19,20). The van der Waals surface area contributed by atoms with E-state index in [1.54, 1.807) is 6.07 Å². The SMILES string of the molecule is CCCNc1cc(-c2cccc(F)c2F)nc(CC)n1. The van der Waals surface area contributed by atoms with Crippen LogP contribution in [0.25, 0.3) is 11.3 Å².